The number of ether oxygens (including phenoxy) is 1. The van der Waals surface area contributed by atoms with Gasteiger partial charge in [0.15, 0.2) is 0 Å². The Kier molecular flexibility index (Phi) is 7.28. The van der Waals surface area contributed by atoms with E-state index in [2.05, 4.69) is 15.9 Å². The zero-order valence-corrected chi connectivity index (χ0v) is 10.1. The summed E-state index contributed by atoms with van der Waals surface area (Å²) in [5, 5.41) is 0.723. The highest BCUT2D eigenvalue weighted by atomic mass is 79.9. The number of likely N-dealkylation sites (N-methyl/N-ethyl adjacent to an activating group) is 1. The Balaban J connectivity index is 3.49. The van der Waals surface area contributed by atoms with Crippen molar-refractivity contribution in [2.24, 2.45) is 0 Å². The van der Waals surface area contributed by atoms with Gasteiger partial charge < -0.3 is 9.64 Å². The highest BCUT2D eigenvalue weighted by Crippen LogP contribution is 1.95. The molecule has 0 saturated carbocycles. The summed E-state index contributed by atoms with van der Waals surface area (Å²) in [5.74, 6) is 0.157. The largest absolute Gasteiger partial charge is 0.377 e. The third-order valence-electron chi connectivity index (χ3n) is 1.61. The van der Waals surface area contributed by atoms with Gasteiger partial charge in [0.2, 0.25) is 5.91 Å². The van der Waals surface area contributed by atoms with Crippen molar-refractivity contribution in [1.29, 1.82) is 0 Å². The Morgan fingerprint density at radius 2 is 2.15 bits per heavy atom. The molecule has 4 heteroatoms. The van der Waals surface area contributed by atoms with E-state index in [0.29, 0.717) is 19.6 Å². The maximum atomic E-state index is 11.3. The number of carbonyl (C=O) groups excluding carboxylic acids is 1. The van der Waals surface area contributed by atoms with Crippen molar-refractivity contribution in [3.05, 3.63) is 0 Å². The topological polar surface area (TPSA) is 29.5 Å². The molecule has 0 rings (SSSR count). The van der Waals surface area contributed by atoms with Crippen LogP contribution in [0.1, 0.15) is 20.3 Å². The molecule has 0 radical (unpaired) electrons. The van der Waals surface area contributed by atoms with Gasteiger partial charge in [-0.3, -0.25) is 4.79 Å². The van der Waals surface area contributed by atoms with Crippen LogP contribution in [0.15, 0.2) is 0 Å². The number of hydrogen-bond acceptors (Lipinski definition) is 2. The summed E-state index contributed by atoms with van der Waals surface area (Å²) >= 11 is 3.23. The quantitative estimate of drug-likeness (QED) is 0.673. The van der Waals surface area contributed by atoms with E-state index >= 15 is 0 Å². The first-order chi connectivity index (χ1) is 6.07. The summed E-state index contributed by atoms with van der Waals surface area (Å²) in [6.07, 6.45) is 0.790. The van der Waals surface area contributed by atoms with Crippen molar-refractivity contribution in [1.82, 2.24) is 4.90 Å². The number of alkyl halides is 1. The Morgan fingerprint density at radius 1 is 1.54 bits per heavy atom. The van der Waals surface area contributed by atoms with Crippen LogP contribution in [0, 0.1) is 0 Å². The summed E-state index contributed by atoms with van der Waals surface area (Å²) in [6, 6.07) is 0. The lowest BCUT2D eigenvalue weighted by atomic mass is 10.4. The van der Waals surface area contributed by atoms with E-state index in [-0.39, 0.29) is 12.0 Å². The summed E-state index contributed by atoms with van der Waals surface area (Å²) in [4.78, 5) is 13.0. The van der Waals surface area contributed by atoms with E-state index < -0.39 is 0 Å². The summed E-state index contributed by atoms with van der Waals surface area (Å²) < 4.78 is 5.34. The molecule has 0 heterocycles. The van der Waals surface area contributed by atoms with Crippen LogP contribution in [0.3, 0.4) is 0 Å². The molecule has 13 heavy (non-hydrogen) atoms. The molecule has 0 aliphatic carbocycles. The molecule has 0 aromatic rings. The normalized spacial score (nSPS) is 10.5. The first-order valence-electron chi connectivity index (χ1n) is 4.49. The molecule has 78 valence electrons. The molecule has 0 spiro atoms. The molecule has 0 aromatic carbocycles. The first-order valence-corrected chi connectivity index (χ1v) is 5.61. The number of rotatable bonds is 6. The molecule has 0 N–H and O–H groups in total. The molecule has 0 fully saturated rings. The Hall–Kier alpha value is -0.0900. The molecule has 0 unspecified atom stereocenters. The number of carbonyl (C=O) groups is 1. The van der Waals surface area contributed by atoms with Gasteiger partial charge in [0.05, 0.1) is 12.7 Å². The van der Waals surface area contributed by atoms with Crippen molar-refractivity contribution >= 4 is 21.8 Å². The van der Waals surface area contributed by atoms with E-state index in [4.69, 9.17) is 4.74 Å². The van der Waals surface area contributed by atoms with Gasteiger partial charge in [0.25, 0.3) is 0 Å². The third-order valence-corrected chi connectivity index (χ3v) is 2.01. The van der Waals surface area contributed by atoms with Crippen molar-refractivity contribution in [2.45, 2.75) is 26.4 Å². The van der Waals surface area contributed by atoms with Gasteiger partial charge >= 0.3 is 0 Å². The van der Waals surface area contributed by atoms with E-state index in [1.165, 1.54) is 0 Å². The smallest absolute Gasteiger partial charge is 0.223 e. The minimum Gasteiger partial charge on any atom is -0.377 e. The predicted molar refractivity (Wildman–Crippen MR) is 57.1 cm³/mol. The molecule has 0 atom stereocenters. The van der Waals surface area contributed by atoms with Crippen LogP contribution in [-0.2, 0) is 9.53 Å². The Bertz CT molecular complexity index is 151. The Labute approximate surface area is 88.6 Å². The average molecular weight is 252 g/mol. The summed E-state index contributed by atoms with van der Waals surface area (Å²) in [7, 11) is 1.80. The van der Waals surface area contributed by atoms with E-state index in [0.717, 1.165) is 5.33 Å². The van der Waals surface area contributed by atoms with Gasteiger partial charge in [-0.2, -0.15) is 0 Å². The Morgan fingerprint density at radius 3 is 2.62 bits per heavy atom. The molecule has 0 aliphatic rings. The van der Waals surface area contributed by atoms with Crippen LogP contribution in [0.2, 0.25) is 0 Å². The lowest BCUT2D eigenvalue weighted by Gasteiger charge is -2.17. The molecule has 0 saturated heterocycles. The zero-order valence-electron chi connectivity index (χ0n) is 8.55. The molecule has 0 aliphatic heterocycles. The predicted octanol–water partition coefficient (Wildman–Crippen LogP) is 1.65. The van der Waals surface area contributed by atoms with Gasteiger partial charge in [0, 0.05) is 25.3 Å². The van der Waals surface area contributed by atoms with Crippen molar-refractivity contribution < 1.29 is 9.53 Å². The number of hydrogen-bond donors (Lipinski definition) is 0. The second-order valence-corrected chi connectivity index (χ2v) is 3.97. The van der Waals surface area contributed by atoms with Gasteiger partial charge in [-0.25, -0.2) is 0 Å². The van der Waals surface area contributed by atoms with Crippen LogP contribution in [0.5, 0.6) is 0 Å². The molecular weight excluding hydrogens is 234 g/mol. The molecule has 0 aromatic heterocycles. The lowest BCUT2D eigenvalue weighted by molar-refractivity contribution is -0.130. The van der Waals surface area contributed by atoms with E-state index in [1.807, 2.05) is 13.8 Å². The minimum absolute atomic E-state index is 0.157. The summed E-state index contributed by atoms with van der Waals surface area (Å²) in [6.45, 7) is 5.26. The average Bonchev–Trinajstić information content (AvgIpc) is 2.04. The second-order valence-electron chi connectivity index (χ2n) is 3.17. The third kappa shape index (κ3) is 7.02. The van der Waals surface area contributed by atoms with Crippen LogP contribution in [-0.4, -0.2) is 42.4 Å². The van der Waals surface area contributed by atoms with Gasteiger partial charge in [0.1, 0.15) is 0 Å². The van der Waals surface area contributed by atoms with Crippen LogP contribution < -0.4 is 0 Å². The van der Waals surface area contributed by atoms with E-state index in [9.17, 15) is 4.79 Å². The molecule has 0 bridgehead atoms. The van der Waals surface area contributed by atoms with Crippen LogP contribution in [0.4, 0.5) is 0 Å². The molecule has 3 nitrogen and oxygen atoms in total. The minimum atomic E-state index is 0.157. The first kappa shape index (κ1) is 12.9. The fourth-order valence-corrected chi connectivity index (χ4v) is 1.16. The van der Waals surface area contributed by atoms with Crippen molar-refractivity contribution in [3.8, 4) is 0 Å². The van der Waals surface area contributed by atoms with Crippen LogP contribution >= 0.6 is 15.9 Å². The molecular formula is C9H18BrNO2. The number of halogens is 1. The maximum absolute atomic E-state index is 11.3. The monoisotopic (exact) mass is 251 g/mol. The fraction of sp³-hybridized carbons (Fsp3) is 0.889. The second kappa shape index (κ2) is 7.33. The number of nitrogens with zero attached hydrogens (tertiary/aromatic N) is 1. The van der Waals surface area contributed by atoms with Gasteiger partial charge in [-0.15, -0.1) is 0 Å². The van der Waals surface area contributed by atoms with Gasteiger partial charge in [-0.05, 0) is 13.8 Å². The fourth-order valence-electron chi connectivity index (χ4n) is 0.822. The van der Waals surface area contributed by atoms with Crippen LogP contribution in [0.25, 0.3) is 0 Å². The van der Waals surface area contributed by atoms with Crippen molar-refractivity contribution in [3.63, 3.8) is 0 Å². The zero-order chi connectivity index (χ0) is 10.3. The lowest BCUT2D eigenvalue weighted by Crippen LogP contribution is -2.30. The number of amides is 1. The summed E-state index contributed by atoms with van der Waals surface area (Å²) in [5.41, 5.74) is 0. The van der Waals surface area contributed by atoms with E-state index in [1.54, 1.807) is 11.9 Å². The van der Waals surface area contributed by atoms with Crippen molar-refractivity contribution in [2.75, 3.05) is 25.5 Å². The highest BCUT2D eigenvalue weighted by molar-refractivity contribution is 9.09. The molecule has 1 amide bonds. The maximum Gasteiger partial charge on any atom is 0.223 e. The SMILES string of the molecule is CC(C)OCCN(C)C(=O)CCBr. The van der Waals surface area contributed by atoms with Gasteiger partial charge in [-0.1, -0.05) is 15.9 Å². The highest BCUT2D eigenvalue weighted by Gasteiger charge is 2.06. The standard InChI is InChI=1S/C9H18BrNO2/c1-8(2)13-7-6-11(3)9(12)4-5-10/h8H,4-7H2,1-3H3.